The van der Waals surface area contributed by atoms with Crippen LogP contribution in [0.2, 0.25) is 0 Å². The molecule has 0 radical (unpaired) electrons. The second kappa shape index (κ2) is 7.67. The maximum Gasteiger partial charge on any atom is 0.416 e. The van der Waals surface area contributed by atoms with Crippen molar-refractivity contribution in [3.8, 4) is 0 Å². The number of anilines is 1. The van der Waals surface area contributed by atoms with Gasteiger partial charge in [-0.3, -0.25) is 9.59 Å². The molecule has 0 aliphatic heterocycles. The van der Waals surface area contributed by atoms with Gasteiger partial charge in [0, 0.05) is 21.1 Å². The standard InChI is InChI=1S/C19H15BrF3N3O2/c1-10-2-5-13(20)8-14(10)26-17(27)9-24-18(28)16-6-11-3-4-12(19(21,22)23)7-15(11)25-16/h2-8,25H,9H2,1H3,(H,24,28)(H,26,27). The third kappa shape index (κ3) is 4.53. The average molecular weight is 454 g/mol. The summed E-state index contributed by atoms with van der Waals surface area (Å²) in [6, 6.07) is 10.0. The second-order valence-electron chi connectivity index (χ2n) is 6.17. The Hall–Kier alpha value is -2.81. The van der Waals surface area contributed by atoms with Crippen molar-refractivity contribution >= 4 is 44.3 Å². The molecule has 9 heteroatoms. The summed E-state index contributed by atoms with van der Waals surface area (Å²) in [7, 11) is 0. The summed E-state index contributed by atoms with van der Waals surface area (Å²) in [6.07, 6.45) is -4.47. The predicted molar refractivity (Wildman–Crippen MR) is 103 cm³/mol. The number of rotatable bonds is 4. The fraction of sp³-hybridized carbons (Fsp3) is 0.158. The molecule has 0 bridgehead atoms. The number of hydrogen-bond acceptors (Lipinski definition) is 2. The molecule has 3 rings (SSSR count). The first-order valence-corrected chi connectivity index (χ1v) is 8.97. The van der Waals surface area contributed by atoms with E-state index in [9.17, 15) is 22.8 Å². The molecule has 2 amide bonds. The molecule has 0 atom stereocenters. The topological polar surface area (TPSA) is 74.0 Å². The molecular formula is C19H15BrF3N3O2. The van der Waals surface area contributed by atoms with Crippen LogP contribution in [-0.4, -0.2) is 23.3 Å². The molecule has 0 aliphatic carbocycles. The van der Waals surface area contributed by atoms with Crippen LogP contribution in [0.5, 0.6) is 0 Å². The Balaban J connectivity index is 1.66. The summed E-state index contributed by atoms with van der Waals surface area (Å²) in [5.74, 6) is -1.02. The molecule has 3 aromatic rings. The van der Waals surface area contributed by atoms with E-state index < -0.39 is 23.6 Å². The number of aromatic amines is 1. The lowest BCUT2D eigenvalue weighted by molar-refractivity contribution is -0.137. The minimum Gasteiger partial charge on any atom is -0.351 e. The van der Waals surface area contributed by atoms with Gasteiger partial charge < -0.3 is 15.6 Å². The molecule has 0 aliphatic rings. The van der Waals surface area contributed by atoms with Gasteiger partial charge in [-0.1, -0.05) is 28.1 Å². The van der Waals surface area contributed by atoms with Crippen molar-refractivity contribution in [1.29, 1.82) is 0 Å². The molecule has 3 N–H and O–H groups in total. The fourth-order valence-electron chi connectivity index (χ4n) is 2.60. The number of hydrogen-bond donors (Lipinski definition) is 3. The minimum absolute atomic E-state index is 0.0701. The van der Waals surface area contributed by atoms with Crippen molar-refractivity contribution in [2.24, 2.45) is 0 Å². The normalized spacial score (nSPS) is 11.5. The molecular weight excluding hydrogens is 439 g/mol. The Kier molecular flexibility index (Phi) is 5.46. The zero-order valence-electron chi connectivity index (χ0n) is 14.6. The first kappa shape index (κ1) is 19.9. The van der Waals surface area contributed by atoms with E-state index in [4.69, 9.17) is 0 Å². The Morgan fingerprint density at radius 2 is 1.86 bits per heavy atom. The van der Waals surface area contributed by atoms with E-state index >= 15 is 0 Å². The van der Waals surface area contributed by atoms with Gasteiger partial charge in [-0.25, -0.2) is 0 Å². The monoisotopic (exact) mass is 453 g/mol. The maximum absolute atomic E-state index is 12.8. The largest absolute Gasteiger partial charge is 0.416 e. The highest BCUT2D eigenvalue weighted by Crippen LogP contribution is 2.31. The van der Waals surface area contributed by atoms with Crippen LogP contribution in [0.25, 0.3) is 10.9 Å². The number of nitrogens with one attached hydrogen (secondary N) is 3. The molecule has 146 valence electrons. The number of halogens is 4. The summed E-state index contributed by atoms with van der Waals surface area (Å²) in [5, 5.41) is 5.60. The molecule has 28 heavy (non-hydrogen) atoms. The van der Waals surface area contributed by atoms with E-state index in [0.29, 0.717) is 11.1 Å². The molecule has 0 saturated heterocycles. The number of carbonyl (C=O) groups is 2. The van der Waals surface area contributed by atoms with Crippen LogP contribution in [0.1, 0.15) is 21.6 Å². The highest BCUT2D eigenvalue weighted by atomic mass is 79.9. The van der Waals surface area contributed by atoms with Crippen LogP contribution in [0, 0.1) is 6.92 Å². The Morgan fingerprint density at radius 1 is 1.11 bits per heavy atom. The van der Waals surface area contributed by atoms with Gasteiger partial charge in [-0.05, 0) is 42.8 Å². The van der Waals surface area contributed by atoms with Gasteiger partial charge in [0.2, 0.25) is 5.91 Å². The third-order valence-corrected chi connectivity index (χ3v) is 4.57. The van der Waals surface area contributed by atoms with E-state index in [1.54, 1.807) is 6.07 Å². The summed E-state index contributed by atoms with van der Waals surface area (Å²) < 4.78 is 39.1. The Bertz CT molecular complexity index is 1060. The Labute approximate surface area is 166 Å². The van der Waals surface area contributed by atoms with Gasteiger partial charge in [-0.2, -0.15) is 13.2 Å². The van der Waals surface area contributed by atoms with Gasteiger partial charge >= 0.3 is 6.18 Å². The molecule has 5 nitrogen and oxygen atoms in total. The number of aromatic nitrogens is 1. The lowest BCUT2D eigenvalue weighted by Gasteiger charge is -2.09. The zero-order valence-corrected chi connectivity index (χ0v) is 16.2. The van der Waals surface area contributed by atoms with E-state index in [0.717, 1.165) is 22.2 Å². The number of aryl methyl sites for hydroxylation is 1. The van der Waals surface area contributed by atoms with Crippen molar-refractivity contribution in [2.75, 3.05) is 11.9 Å². The molecule has 1 aromatic heterocycles. The minimum atomic E-state index is -4.47. The smallest absolute Gasteiger partial charge is 0.351 e. The third-order valence-electron chi connectivity index (χ3n) is 4.08. The van der Waals surface area contributed by atoms with Crippen LogP contribution >= 0.6 is 15.9 Å². The van der Waals surface area contributed by atoms with E-state index in [1.807, 2.05) is 19.1 Å². The summed E-state index contributed by atoms with van der Waals surface area (Å²) >= 11 is 3.32. The number of amides is 2. The maximum atomic E-state index is 12.8. The van der Waals surface area contributed by atoms with Gasteiger partial charge in [0.15, 0.2) is 0 Å². The SMILES string of the molecule is Cc1ccc(Br)cc1NC(=O)CNC(=O)c1cc2ccc(C(F)(F)F)cc2[nH]1. The summed E-state index contributed by atoms with van der Waals surface area (Å²) in [6.45, 7) is 1.55. The van der Waals surface area contributed by atoms with Crippen molar-refractivity contribution < 1.29 is 22.8 Å². The first-order valence-electron chi connectivity index (χ1n) is 8.17. The first-order chi connectivity index (χ1) is 13.1. The fourth-order valence-corrected chi connectivity index (χ4v) is 2.97. The number of alkyl halides is 3. The Morgan fingerprint density at radius 3 is 2.57 bits per heavy atom. The van der Waals surface area contributed by atoms with Crippen molar-refractivity contribution in [3.05, 3.63) is 63.8 Å². The lowest BCUT2D eigenvalue weighted by Crippen LogP contribution is -2.33. The average Bonchev–Trinajstić information content (AvgIpc) is 3.05. The van der Waals surface area contributed by atoms with Crippen LogP contribution in [0.3, 0.4) is 0 Å². The van der Waals surface area contributed by atoms with Gasteiger partial charge in [-0.15, -0.1) is 0 Å². The zero-order chi connectivity index (χ0) is 20.5. The van der Waals surface area contributed by atoms with E-state index in [-0.39, 0.29) is 17.8 Å². The molecule has 0 spiro atoms. The van der Waals surface area contributed by atoms with Crippen molar-refractivity contribution in [2.45, 2.75) is 13.1 Å². The van der Waals surface area contributed by atoms with Crippen LogP contribution in [0.15, 0.2) is 46.9 Å². The number of carbonyl (C=O) groups excluding carboxylic acids is 2. The lowest BCUT2D eigenvalue weighted by atomic mass is 10.1. The summed E-state index contributed by atoms with van der Waals surface area (Å²) in [4.78, 5) is 26.9. The second-order valence-corrected chi connectivity index (χ2v) is 7.09. The highest BCUT2D eigenvalue weighted by Gasteiger charge is 2.30. The molecule has 0 fully saturated rings. The highest BCUT2D eigenvalue weighted by molar-refractivity contribution is 9.10. The number of H-pyrrole nitrogens is 1. The molecule has 0 unspecified atom stereocenters. The quantitative estimate of drug-likeness (QED) is 0.538. The van der Waals surface area contributed by atoms with Gasteiger partial charge in [0.25, 0.3) is 5.91 Å². The predicted octanol–water partition coefficient (Wildman–Crippen LogP) is 4.63. The number of benzene rings is 2. The van der Waals surface area contributed by atoms with Gasteiger partial charge in [0.1, 0.15) is 5.69 Å². The van der Waals surface area contributed by atoms with Crippen molar-refractivity contribution in [1.82, 2.24) is 10.3 Å². The van der Waals surface area contributed by atoms with Crippen molar-refractivity contribution in [3.63, 3.8) is 0 Å². The molecule has 2 aromatic carbocycles. The van der Waals surface area contributed by atoms with E-state index in [2.05, 4.69) is 31.5 Å². The summed E-state index contributed by atoms with van der Waals surface area (Å²) in [5.41, 5.74) is 0.922. The van der Waals surface area contributed by atoms with Crippen LogP contribution in [-0.2, 0) is 11.0 Å². The molecule has 1 heterocycles. The van der Waals surface area contributed by atoms with Gasteiger partial charge in [0.05, 0.1) is 12.1 Å². The van der Waals surface area contributed by atoms with Crippen LogP contribution in [0.4, 0.5) is 18.9 Å². The number of fused-ring (bicyclic) bond motifs is 1. The molecule has 0 saturated carbocycles. The van der Waals surface area contributed by atoms with E-state index in [1.165, 1.54) is 12.1 Å². The van der Waals surface area contributed by atoms with Crippen LogP contribution < -0.4 is 10.6 Å².